The lowest BCUT2D eigenvalue weighted by Crippen LogP contribution is -2.26. The van der Waals surface area contributed by atoms with E-state index in [9.17, 15) is 4.79 Å². The number of aryl methyl sites for hydroxylation is 1. The molecule has 1 N–H and O–H groups in total. The molecule has 0 saturated carbocycles. The summed E-state index contributed by atoms with van der Waals surface area (Å²) >= 11 is 0. The van der Waals surface area contributed by atoms with Crippen molar-refractivity contribution < 1.29 is 14.3 Å². The summed E-state index contributed by atoms with van der Waals surface area (Å²) in [5.74, 6) is 1.03. The molecule has 0 heterocycles. The minimum Gasteiger partial charge on any atom is -0.497 e. The molecule has 1 unspecified atom stereocenters. The van der Waals surface area contributed by atoms with Gasteiger partial charge in [0.05, 0.1) is 20.3 Å². The van der Waals surface area contributed by atoms with E-state index in [0.29, 0.717) is 17.1 Å². The minimum absolute atomic E-state index is 0.0781. The summed E-state index contributed by atoms with van der Waals surface area (Å²) in [5, 5.41) is 3.00. The van der Waals surface area contributed by atoms with Crippen LogP contribution in [0.25, 0.3) is 0 Å². The highest BCUT2D eigenvalue weighted by Gasteiger charge is 2.13. The summed E-state index contributed by atoms with van der Waals surface area (Å²) in [6, 6.07) is 13.3. The summed E-state index contributed by atoms with van der Waals surface area (Å²) in [4.78, 5) is 12.5. The van der Waals surface area contributed by atoms with Crippen LogP contribution in [0.3, 0.4) is 0 Å². The molecule has 0 bridgehead atoms. The predicted molar refractivity (Wildman–Crippen MR) is 91.2 cm³/mol. The second kappa shape index (κ2) is 7.68. The molecule has 4 nitrogen and oxygen atoms in total. The van der Waals surface area contributed by atoms with E-state index in [-0.39, 0.29) is 11.9 Å². The Labute approximate surface area is 137 Å². The number of carbonyl (C=O) groups excluding carboxylic acids is 1. The molecular formula is C19H23NO3. The summed E-state index contributed by atoms with van der Waals surface area (Å²) in [7, 11) is 3.13. The van der Waals surface area contributed by atoms with Gasteiger partial charge in [0.25, 0.3) is 5.91 Å². The third-order valence-corrected chi connectivity index (χ3v) is 3.85. The van der Waals surface area contributed by atoms with Crippen molar-refractivity contribution in [3.05, 3.63) is 59.2 Å². The Morgan fingerprint density at radius 3 is 2.09 bits per heavy atom. The van der Waals surface area contributed by atoms with Crippen LogP contribution in [0.1, 0.15) is 41.4 Å². The van der Waals surface area contributed by atoms with Crippen LogP contribution < -0.4 is 14.8 Å². The number of methoxy groups -OCH3 is 2. The monoisotopic (exact) mass is 313 g/mol. The van der Waals surface area contributed by atoms with Gasteiger partial charge in [-0.3, -0.25) is 4.79 Å². The normalized spacial score (nSPS) is 11.7. The Morgan fingerprint density at radius 1 is 1.04 bits per heavy atom. The molecule has 0 aliphatic heterocycles. The van der Waals surface area contributed by atoms with Crippen LogP contribution in [0.4, 0.5) is 0 Å². The number of carbonyl (C=O) groups is 1. The zero-order chi connectivity index (χ0) is 16.8. The molecule has 0 radical (unpaired) electrons. The molecule has 0 spiro atoms. The topological polar surface area (TPSA) is 47.6 Å². The predicted octanol–water partition coefficient (Wildman–Crippen LogP) is 3.76. The van der Waals surface area contributed by atoms with Crippen molar-refractivity contribution in [2.45, 2.75) is 26.3 Å². The average molecular weight is 313 g/mol. The Morgan fingerprint density at radius 2 is 1.61 bits per heavy atom. The van der Waals surface area contributed by atoms with Gasteiger partial charge < -0.3 is 14.8 Å². The van der Waals surface area contributed by atoms with Crippen molar-refractivity contribution in [2.75, 3.05) is 14.2 Å². The van der Waals surface area contributed by atoms with E-state index in [4.69, 9.17) is 9.47 Å². The average Bonchev–Trinajstić information content (AvgIpc) is 2.61. The third kappa shape index (κ3) is 4.25. The van der Waals surface area contributed by atoms with E-state index in [1.807, 2.05) is 6.92 Å². The first kappa shape index (κ1) is 16.9. The van der Waals surface area contributed by atoms with E-state index < -0.39 is 0 Å². The summed E-state index contributed by atoms with van der Waals surface area (Å²) in [6.07, 6.45) is 1.00. The highest BCUT2D eigenvalue weighted by molar-refractivity contribution is 5.95. The zero-order valence-corrected chi connectivity index (χ0v) is 14.1. The van der Waals surface area contributed by atoms with Crippen molar-refractivity contribution in [2.24, 2.45) is 0 Å². The van der Waals surface area contributed by atoms with Gasteiger partial charge in [0.2, 0.25) is 0 Å². The van der Waals surface area contributed by atoms with Gasteiger partial charge in [-0.15, -0.1) is 0 Å². The van der Waals surface area contributed by atoms with Crippen molar-refractivity contribution in [1.82, 2.24) is 5.32 Å². The number of hydrogen-bond acceptors (Lipinski definition) is 3. The molecule has 0 fully saturated rings. The van der Waals surface area contributed by atoms with E-state index in [1.165, 1.54) is 5.56 Å². The van der Waals surface area contributed by atoms with E-state index >= 15 is 0 Å². The lowest BCUT2D eigenvalue weighted by Gasteiger charge is -2.16. The molecule has 4 heteroatoms. The highest BCUT2D eigenvalue weighted by Crippen LogP contribution is 2.23. The summed E-state index contributed by atoms with van der Waals surface area (Å²) < 4.78 is 10.4. The third-order valence-electron chi connectivity index (χ3n) is 3.85. The minimum atomic E-state index is -0.158. The number of amides is 1. The number of benzene rings is 2. The van der Waals surface area contributed by atoms with Gasteiger partial charge in [-0.25, -0.2) is 0 Å². The molecule has 0 aromatic heterocycles. The van der Waals surface area contributed by atoms with Crippen LogP contribution >= 0.6 is 0 Å². The number of hydrogen-bond donors (Lipinski definition) is 1. The lowest BCUT2D eigenvalue weighted by atomic mass is 10.0. The molecule has 23 heavy (non-hydrogen) atoms. The molecule has 0 saturated heterocycles. The second-order valence-electron chi connectivity index (χ2n) is 5.39. The maximum Gasteiger partial charge on any atom is 0.252 e. The number of ether oxygens (including phenoxy) is 2. The standard InChI is InChI=1S/C19H23NO3/c1-5-14-6-8-15(9-7-14)13(2)20-19(21)16-10-17(22-3)12-18(11-16)23-4/h6-13H,5H2,1-4H3,(H,20,21). The molecule has 2 rings (SSSR count). The van der Waals surface area contributed by atoms with Crippen molar-refractivity contribution in [3.8, 4) is 11.5 Å². The Bertz CT molecular complexity index is 643. The zero-order valence-electron chi connectivity index (χ0n) is 14.1. The van der Waals surface area contributed by atoms with Gasteiger partial charge >= 0.3 is 0 Å². The molecule has 2 aromatic rings. The maximum atomic E-state index is 12.5. The van der Waals surface area contributed by atoms with E-state index in [2.05, 4.69) is 36.5 Å². The molecule has 2 aromatic carbocycles. The highest BCUT2D eigenvalue weighted by atomic mass is 16.5. The molecule has 1 atom stereocenters. The lowest BCUT2D eigenvalue weighted by molar-refractivity contribution is 0.0939. The smallest absolute Gasteiger partial charge is 0.252 e. The molecule has 0 aliphatic rings. The number of nitrogens with one attached hydrogen (secondary N) is 1. The van der Waals surface area contributed by atoms with Gasteiger partial charge in [-0.1, -0.05) is 31.2 Å². The Hall–Kier alpha value is -2.49. The molecule has 0 aliphatic carbocycles. The maximum absolute atomic E-state index is 12.5. The van der Waals surface area contributed by atoms with Gasteiger partial charge in [0, 0.05) is 11.6 Å². The van der Waals surface area contributed by atoms with Gasteiger partial charge in [-0.05, 0) is 36.6 Å². The SMILES string of the molecule is CCc1ccc(C(C)NC(=O)c2cc(OC)cc(OC)c2)cc1. The molecule has 1 amide bonds. The molecule has 122 valence electrons. The van der Waals surface area contributed by atoms with Crippen LogP contribution in [0, 0.1) is 0 Å². The first-order valence-corrected chi connectivity index (χ1v) is 7.70. The first-order chi connectivity index (χ1) is 11.1. The van der Waals surface area contributed by atoms with E-state index in [0.717, 1.165) is 12.0 Å². The van der Waals surface area contributed by atoms with Gasteiger partial charge in [0.15, 0.2) is 0 Å². The fourth-order valence-corrected chi connectivity index (χ4v) is 2.34. The quantitative estimate of drug-likeness (QED) is 0.883. The fourth-order valence-electron chi connectivity index (χ4n) is 2.34. The Balaban J connectivity index is 2.14. The van der Waals surface area contributed by atoms with E-state index in [1.54, 1.807) is 32.4 Å². The first-order valence-electron chi connectivity index (χ1n) is 7.70. The second-order valence-corrected chi connectivity index (χ2v) is 5.39. The fraction of sp³-hybridized carbons (Fsp3) is 0.316. The van der Waals surface area contributed by atoms with Gasteiger partial charge in [-0.2, -0.15) is 0 Å². The van der Waals surface area contributed by atoms with Crippen LogP contribution in [0.15, 0.2) is 42.5 Å². The summed E-state index contributed by atoms with van der Waals surface area (Å²) in [6.45, 7) is 4.09. The van der Waals surface area contributed by atoms with Crippen LogP contribution in [0.2, 0.25) is 0 Å². The van der Waals surface area contributed by atoms with Crippen molar-refractivity contribution >= 4 is 5.91 Å². The number of rotatable bonds is 6. The van der Waals surface area contributed by atoms with Crippen molar-refractivity contribution in [1.29, 1.82) is 0 Å². The van der Waals surface area contributed by atoms with Crippen LogP contribution in [-0.2, 0) is 6.42 Å². The van der Waals surface area contributed by atoms with Gasteiger partial charge in [0.1, 0.15) is 11.5 Å². The van der Waals surface area contributed by atoms with Crippen LogP contribution in [-0.4, -0.2) is 20.1 Å². The van der Waals surface area contributed by atoms with Crippen molar-refractivity contribution in [3.63, 3.8) is 0 Å². The Kier molecular flexibility index (Phi) is 5.63. The van der Waals surface area contributed by atoms with Crippen LogP contribution in [0.5, 0.6) is 11.5 Å². The summed E-state index contributed by atoms with van der Waals surface area (Å²) in [5.41, 5.74) is 2.87. The molecular weight excluding hydrogens is 290 g/mol. The largest absolute Gasteiger partial charge is 0.497 e.